The predicted molar refractivity (Wildman–Crippen MR) is 456 cm³/mol. The first-order chi connectivity index (χ1) is 60.0. The molecule has 0 amide bonds. The quantitative estimate of drug-likeness (QED) is 0.0237. The van der Waals surface area contributed by atoms with Crippen molar-refractivity contribution < 1.29 is 53.0 Å². The first-order valence-corrected chi connectivity index (χ1v) is 38.5. The van der Waals surface area contributed by atoms with Crippen LogP contribution < -0.4 is 47.3 Å². The van der Waals surface area contributed by atoms with Crippen LogP contribution in [0.2, 0.25) is 0 Å². The Labute approximate surface area is 708 Å². The number of aryl methyl sites for hydroxylation is 4. The Bertz CT molecular complexity index is 6410. The maximum Gasteiger partial charge on any atom is 0.153 e. The molecule has 0 spiro atoms. The molecule has 0 bridgehead atoms. The molecule has 0 radical (unpaired) electrons. The Morgan fingerprint density at radius 1 is 0.256 bits per heavy atom. The summed E-state index contributed by atoms with van der Waals surface area (Å²) in [4.78, 5) is 34.7. The van der Waals surface area contributed by atoms with Crippen LogP contribution in [0.1, 0.15) is 97.4 Å². The molecule has 0 aliphatic heterocycles. The summed E-state index contributed by atoms with van der Waals surface area (Å²) in [7, 11) is 1.62. The number of aromatic nitrogens is 16. The summed E-state index contributed by atoms with van der Waals surface area (Å²) in [6.45, 7) is 14.0. The normalized spacial score (nSPS) is 11.9. The number of hydrogen-bond acceptors (Lipinski definition) is 21. The minimum absolute atomic E-state index is 0.312. The fraction of sp³-hybridized carbons (Fsp3) is 0.146. The molecule has 12 N–H and O–H groups in total. The smallest absolute Gasteiger partial charge is 0.153 e. The SMILES string of the molecule is COc1ccc(-c2cc(Nc3cc(NC(C)c4ccc(F)cc4F)nc(C)n3)n[nH]2)cc1.Cc1nc(Nc2cc(-c3ccc(F)cc3)[nH]n2)cc(NC(C)c2ccc(F)cc2F)n1.Cc1nc(Nc2cc(-c3cccc(F)c3)[nH]n2)cc(NC(C)c2ccc(F)cc2F)n1.Cc1nc(Nc2cc(-c3ccccc3F)[nH]n2)cc(NC(C)c2ccc(F)cc2F)n1. The van der Waals surface area contributed by atoms with E-state index < -0.39 is 70.7 Å². The minimum atomic E-state index is -0.638. The maximum atomic E-state index is 14.1. The van der Waals surface area contributed by atoms with Gasteiger partial charge in [0.05, 0.1) is 54.1 Å². The molecule has 25 nitrogen and oxygen atoms in total. The molecule has 16 aromatic rings. The van der Waals surface area contributed by atoms with E-state index in [9.17, 15) is 48.3 Å². The van der Waals surface area contributed by atoms with Crippen molar-refractivity contribution in [1.82, 2.24) is 80.7 Å². The van der Waals surface area contributed by atoms with Crippen molar-refractivity contribution in [3.05, 3.63) is 328 Å². The Morgan fingerprint density at radius 2 is 0.544 bits per heavy atom. The van der Waals surface area contributed by atoms with Crippen LogP contribution >= 0.6 is 0 Å². The Hall–Kier alpha value is -15.7. The average Bonchev–Trinajstić information content (AvgIpc) is 1.55. The lowest BCUT2D eigenvalue weighted by Gasteiger charge is -2.16. The molecule has 0 saturated heterocycles. The lowest BCUT2D eigenvalue weighted by molar-refractivity contribution is 0.415. The molecule has 8 aromatic heterocycles. The van der Waals surface area contributed by atoms with Crippen LogP contribution in [-0.4, -0.2) is 87.8 Å². The van der Waals surface area contributed by atoms with Gasteiger partial charge in [-0.1, -0.05) is 48.5 Å². The topological polar surface area (TPSA) is 323 Å². The molecule has 0 saturated carbocycles. The molecule has 125 heavy (non-hydrogen) atoms. The predicted octanol–water partition coefficient (Wildman–Crippen LogP) is 21.9. The summed E-state index contributed by atoms with van der Waals surface area (Å²) in [5.74, 6) is 2.58. The van der Waals surface area contributed by atoms with Crippen LogP contribution in [0.15, 0.2) is 218 Å². The van der Waals surface area contributed by atoms with Crippen LogP contribution in [0.3, 0.4) is 0 Å². The number of methoxy groups -OCH3 is 1. The van der Waals surface area contributed by atoms with E-state index in [4.69, 9.17) is 4.74 Å². The van der Waals surface area contributed by atoms with Gasteiger partial charge in [0, 0.05) is 106 Å². The number of nitrogens with zero attached hydrogens (tertiary/aromatic N) is 12. The Kier molecular flexibility index (Phi) is 27.7. The fourth-order valence-electron chi connectivity index (χ4n) is 12.8. The number of nitrogens with one attached hydrogen (secondary N) is 12. The van der Waals surface area contributed by atoms with Crippen molar-refractivity contribution in [2.45, 2.75) is 79.6 Å². The number of hydrogen-bond donors (Lipinski definition) is 12. The van der Waals surface area contributed by atoms with Crippen LogP contribution in [0, 0.1) is 91.7 Å². The Balaban J connectivity index is 0.000000143. The molecule has 16 rings (SSSR count). The molecule has 4 unspecified atom stereocenters. The summed E-state index contributed by atoms with van der Waals surface area (Å²) >= 11 is 0. The van der Waals surface area contributed by atoms with Gasteiger partial charge in [-0.2, -0.15) is 20.4 Å². The van der Waals surface area contributed by atoms with Gasteiger partial charge in [-0.05, 0) is 164 Å². The van der Waals surface area contributed by atoms with Crippen LogP contribution in [-0.2, 0) is 0 Å². The van der Waals surface area contributed by atoms with Crippen molar-refractivity contribution in [2.24, 2.45) is 0 Å². The lowest BCUT2D eigenvalue weighted by Crippen LogP contribution is -2.11. The number of benzene rings is 8. The molecule has 8 heterocycles. The Morgan fingerprint density at radius 3 is 0.864 bits per heavy atom. The second-order valence-corrected chi connectivity index (χ2v) is 28.3. The molecule has 0 aliphatic carbocycles. The van der Waals surface area contributed by atoms with E-state index in [1.807, 2.05) is 30.3 Å². The summed E-state index contributed by atoms with van der Waals surface area (Å²) < 4.78 is 155. The average molecular weight is 1710 g/mol. The summed E-state index contributed by atoms with van der Waals surface area (Å²) in [6.07, 6.45) is 0. The largest absolute Gasteiger partial charge is 0.497 e. The van der Waals surface area contributed by atoms with Gasteiger partial charge in [0.1, 0.15) is 140 Å². The number of anilines is 12. The second kappa shape index (κ2) is 39.7. The molecule has 0 fully saturated rings. The van der Waals surface area contributed by atoms with Gasteiger partial charge < -0.3 is 47.3 Å². The number of aromatic amines is 4. The monoisotopic (exact) mass is 1710 g/mol. The van der Waals surface area contributed by atoms with Gasteiger partial charge in [-0.3, -0.25) is 20.4 Å². The summed E-state index contributed by atoms with van der Waals surface area (Å²) in [5.41, 5.74) is 6.83. The highest BCUT2D eigenvalue weighted by Crippen LogP contribution is 2.33. The number of H-pyrrole nitrogens is 4. The second-order valence-electron chi connectivity index (χ2n) is 28.3. The molecular weight excluding hydrogens is 1630 g/mol. The van der Waals surface area contributed by atoms with Gasteiger partial charge in [0.25, 0.3) is 0 Å². The highest BCUT2D eigenvalue weighted by Gasteiger charge is 2.21. The first-order valence-electron chi connectivity index (χ1n) is 38.5. The fourth-order valence-corrected chi connectivity index (χ4v) is 12.8. The van der Waals surface area contributed by atoms with Crippen molar-refractivity contribution >= 4 is 69.8 Å². The molecule has 638 valence electrons. The zero-order valence-electron chi connectivity index (χ0n) is 68.0. The number of rotatable bonds is 25. The van der Waals surface area contributed by atoms with E-state index in [1.165, 1.54) is 78.9 Å². The highest BCUT2D eigenvalue weighted by atomic mass is 19.2. The van der Waals surface area contributed by atoms with Crippen molar-refractivity contribution in [2.75, 3.05) is 49.6 Å². The van der Waals surface area contributed by atoms with E-state index in [1.54, 1.807) is 147 Å². The molecule has 0 aliphatic rings. The number of halogens is 11. The third-order valence-electron chi connectivity index (χ3n) is 18.7. The molecule has 8 aromatic carbocycles. The standard InChI is InChI=1S/C23H22F2N6O.3C22H19F3N6/c1-13(18-9-6-16(24)10-19(18)25)26-21-12-22(28-14(2)27-21)29-23-11-20(30-31-23)15-4-7-17(32-3)8-5-15;1-12(17-8-7-16(24)9-18(17)25)26-20-11-21(28-13(2)27-20)29-22-10-19(30-31-22)14-3-5-15(23)6-4-14;1-12(17-7-6-16(24)9-18(17)25)26-20-11-21(28-13(2)27-20)29-22-10-19(30-31-22)14-4-3-5-15(23)8-14;1-12(15-8-7-14(23)9-18(15)25)26-20-11-21(28-13(2)27-20)29-22-10-19(30-31-22)16-5-3-4-6-17(16)24/h4-13H,1-3H3,(H3,26,27,28,29,30,31);3*3-12H,1-2H3,(H3,26,27,28,29,30,31). The molecule has 4 atom stereocenters. The van der Waals surface area contributed by atoms with Crippen molar-refractivity contribution in [1.29, 1.82) is 0 Å². The van der Waals surface area contributed by atoms with E-state index >= 15 is 0 Å². The van der Waals surface area contributed by atoms with Crippen molar-refractivity contribution in [3.63, 3.8) is 0 Å². The van der Waals surface area contributed by atoms with E-state index in [0.29, 0.717) is 144 Å². The maximum absolute atomic E-state index is 14.1. The minimum Gasteiger partial charge on any atom is -0.497 e. The van der Waals surface area contributed by atoms with E-state index in [0.717, 1.165) is 46.8 Å². The van der Waals surface area contributed by atoms with Crippen molar-refractivity contribution in [3.8, 4) is 50.8 Å². The number of ether oxygens (including phenoxy) is 1. The zero-order valence-corrected chi connectivity index (χ0v) is 68.0. The third-order valence-corrected chi connectivity index (χ3v) is 18.7. The first kappa shape index (κ1) is 87.2. The molecule has 36 heteroatoms. The van der Waals surface area contributed by atoms with Gasteiger partial charge in [-0.25, -0.2) is 88.2 Å². The summed E-state index contributed by atoms with van der Waals surface area (Å²) in [6, 6.07) is 52.0. The molecular formula is C89H79F11N24O. The summed E-state index contributed by atoms with van der Waals surface area (Å²) in [5, 5.41) is 53.1. The van der Waals surface area contributed by atoms with Gasteiger partial charge in [-0.15, -0.1) is 0 Å². The van der Waals surface area contributed by atoms with Crippen LogP contribution in [0.25, 0.3) is 45.0 Å². The zero-order chi connectivity index (χ0) is 88.5. The highest BCUT2D eigenvalue weighted by molar-refractivity contribution is 5.71. The van der Waals surface area contributed by atoms with Crippen LogP contribution in [0.5, 0.6) is 5.75 Å². The lowest BCUT2D eigenvalue weighted by atomic mass is 10.1. The van der Waals surface area contributed by atoms with Gasteiger partial charge >= 0.3 is 0 Å². The van der Waals surface area contributed by atoms with E-state index in [2.05, 4.69) is 123 Å². The van der Waals surface area contributed by atoms with Crippen LogP contribution in [0.4, 0.5) is 118 Å². The van der Waals surface area contributed by atoms with Gasteiger partial charge in [0.2, 0.25) is 0 Å². The third kappa shape index (κ3) is 23.7. The van der Waals surface area contributed by atoms with Gasteiger partial charge in [0.15, 0.2) is 23.3 Å². The van der Waals surface area contributed by atoms with E-state index in [-0.39, 0.29) is 17.5 Å².